The average Bonchev–Trinajstić information content (AvgIpc) is 2.67. The maximum absolute atomic E-state index is 11.9. The number of nitrogens with zero attached hydrogens (tertiary/aromatic N) is 3. The highest BCUT2D eigenvalue weighted by Gasteiger charge is 2.27. The first kappa shape index (κ1) is 10.5. The molecular weight excluding hydrogens is 212 g/mol. The standard InChI is InChI=1S/C9H14N4OS/c1-6-2-7(10)4-13(3-6)9(14)8-5-15-12-11-8/h5-7H,2-4,10H2,1H3. The number of carbonyl (C=O) groups is 1. The second-order valence-electron chi connectivity index (χ2n) is 4.10. The average molecular weight is 226 g/mol. The number of carbonyl (C=O) groups excluding carboxylic acids is 1. The van der Waals surface area contributed by atoms with Crippen molar-refractivity contribution in [2.24, 2.45) is 11.7 Å². The van der Waals surface area contributed by atoms with E-state index in [-0.39, 0.29) is 11.9 Å². The Morgan fingerprint density at radius 2 is 2.47 bits per heavy atom. The normalized spacial score (nSPS) is 26.7. The highest BCUT2D eigenvalue weighted by Crippen LogP contribution is 2.16. The zero-order valence-corrected chi connectivity index (χ0v) is 9.41. The van der Waals surface area contributed by atoms with Crippen LogP contribution < -0.4 is 5.73 Å². The molecule has 1 aromatic heterocycles. The summed E-state index contributed by atoms with van der Waals surface area (Å²) in [4.78, 5) is 13.7. The van der Waals surface area contributed by atoms with Gasteiger partial charge in [-0.25, -0.2) is 0 Å². The summed E-state index contributed by atoms with van der Waals surface area (Å²) in [5, 5.41) is 5.45. The van der Waals surface area contributed by atoms with Crippen LogP contribution in [0.15, 0.2) is 5.38 Å². The van der Waals surface area contributed by atoms with Crippen molar-refractivity contribution in [2.45, 2.75) is 19.4 Å². The topological polar surface area (TPSA) is 72.1 Å². The molecule has 15 heavy (non-hydrogen) atoms. The lowest BCUT2D eigenvalue weighted by molar-refractivity contribution is 0.0655. The first-order valence-corrected chi connectivity index (χ1v) is 5.82. The highest BCUT2D eigenvalue weighted by molar-refractivity contribution is 7.03. The smallest absolute Gasteiger partial charge is 0.275 e. The van der Waals surface area contributed by atoms with Crippen LogP contribution in [-0.4, -0.2) is 39.5 Å². The molecule has 1 saturated heterocycles. The highest BCUT2D eigenvalue weighted by atomic mass is 32.1. The van der Waals surface area contributed by atoms with Crippen molar-refractivity contribution in [2.75, 3.05) is 13.1 Å². The van der Waals surface area contributed by atoms with E-state index in [0.29, 0.717) is 18.2 Å². The fraction of sp³-hybridized carbons (Fsp3) is 0.667. The zero-order chi connectivity index (χ0) is 10.8. The van der Waals surface area contributed by atoms with Crippen LogP contribution in [0.25, 0.3) is 0 Å². The van der Waals surface area contributed by atoms with Crippen molar-refractivity contribution in [3.63, 3.8) is 0 Å². The van der Waals surface area contributed by atoms with E-state index in [4.69, 9.17) is 5.73 Å². The molecule has 1 amide bonds. The third-order valence-electron chi connectivity index (χ3n) is 2.56. The van der Waals surface area contributed by atoms with Gasteiger partial charge in [0.2, 0.25) is 0 Å². The van der Waals surface area contributed by atoms with E-state index in [2.05, 4.69) is 16.5 Å². The van der Waals surface area contributed by atoms with Gasteiger partial charge < -0.3 is 10.6 Å². The predicted molar refractivity (Wildman–Crippen MR) is 57.6 cm³/mol. The summed E-state index contributed by atoms with van der Waals surface area (Å²) in [7, 11) is 0. The van der Waals surface area contributed by atoms with Crippen molar-refractivity contribution in [3.8, 4) is 0 Å². The second-order valence-corrected chi connectivity index (χ2v) is 4.71. The first-order valence-electron chi connectivity index (χ1n) is 4.98. The summed E-state index contributed by atoms with van der Waals surface area (Å²) in [5.74, 6) is 0.412. The van der Waals surface area contributed by atoms with Gasteiger partial charge in [0.1, 0.15) is 0 Å². The van der Waals surface area contributed by atoms with Crippen LogP contribution in [0.1, 0.15) is 23.8 Å². The molecule has 5 nitrogen and oxygen atoms in total. The molecule has 1 aliphatic rings. The summed E-state index contributed by atoms with van der Waals surface area (Å²) < 4.78 is 3.69. The van der Waals surface area contributed by atoms with Crippen molar-refractivity contribution < 1.29 is 4.79 Å². The minimum Gasteiger partial charge on any atom is -0.335 e. The van der Waals surface area contributed by atoms with Gasteiger partial charge in [0, 0.05) is 24.5 Å². The number of aromatic nitrogens is 2. The molecule has 0 aliphatic carbocycles. The Bertz CT molecular complexity index is 330. The molecule has 0 aromatic carbocycles. The number of piperidine rings is 1. The van der Waals surface area contributed by atoms with Crippen LogP contribution in [-0.2, 0) is 0 Å². The van der Waals surface area contributed by atoms with Gasteiger partial charge in [-0.1, -0.05) is 11.4 Å². The van der Waals surface area contributed by atoms with Crippen molar-refractivity contribution in [3.05, 3.63) is 11.1 Å². The zero-order valence-electron chi connectivity index (χ0n) is 8.59. The Kier molecular flexibility index (Phi) is 2.97. The fourth-order valence-electron chi connectivity index (χ4n) is 1.99. The van der Waals surface area contributed by atoms with Gasteiger partial charge in [0.05, 0.1) is 0 Å². The molecular formula is C9H14N4OS. The van der Waals surface area contributed by atoms with Crippen LogP contribution in [0.2, 0.25) is 0 Å². The van der Waals surface area contributed by atoms with Gasteiger partial charge in [-0.05, 0) is 23.9 Å². The SMILES string of the molecule is CC1CC(N)CN(C(=O)c2csnn2)C1. The number of likely N-dealkylation sites (tertiary alicyclic amines) is 1. The van der Waals surface area contributed by atoms with E-state index in [1.165, 1.54) is 11.5 Å². The molecule has 0 bridgehead atoms. The molecule has 0 spiro atoms. The molecule has 2 rings (SSSR count). The van der Waals surface area contributed by atoms with Gasteiger partial charge in [-0.2, -0.15) is 0 Å². The summed E-state index contributed by atoms with van der Waals surface area (Å²) in [6.07, 6.45) is 0.985. The number of nitrogens with two attached hydrogens (primary N) is 1. The van der Waals surface area contributed by atoms with E-state index in [1.807, 2.05) is 0 Å². The lowest BCUT2D eigenvalue weighted by Crippen LogP contribution is -2.48. The molecule has 2 unspecified atom stereocenters. The Balaban J connectivity index is 2.07. The van der Waals surface area contributed by atoms with Gasteiger partial charge in [0.25, 0.3) is 5.91 Å². The molecule has 0 saturated carbocycles. The number of hydrogen-bond donors (Lipinski definition) is 1. The van der Waals surface area contributed by atoms with Crippen LogP contribution in [0.3, 0.4) is 0 Å². The Morgan fingerprint density at radius 3 is 3.07 bits per heavy atom. The van der Waals surface area contributed by atoms with Crippen LogP contribution in [0.4, 0.5) is 0 Å². The minimum absolute atomic E-state index is 0.0502. The summed E-state index contributed by atoms with van der Waals surface area (Å²) in [6, 6.07) is 0.0873. The molecule has 2 atom stereocenters. The van der Waals surface area contributed by atoms with Crippen LogP contribution in [0.5, 0.6) is 0 Å². The van der Waals surface area contributed by atoms with E-state index < -0.39 is 0 Å². The minimum atomic E-state index is -0.0502. The molecule has 6 heteroatoms. The molecule has 1 fully saturated rings. The summed E-state index contributed by atoms with van der Waals surface area (Å²) >= 11 is 1.19. The van der Waals surface area contributed by atoms with Crippen molar-refractivity contribution in [1.82, 2.24) is 14.5 Å². The van der Waals surface area contributed by atoms with E-state index in [9.17, 15) is 4.79 Å². The van der Waals surface area contributed by atoms with Gasteiger partial charge in [-0.3, -0.25) is 4.79 Å². The van der Waals surface area contributed by atoms with Gasteiger partial charge in [-0.15, -0.1) is 5.10 Å². The molecule has 1 aliphatic heterocycles. The Hall–Kier alpha value is -1.01. The largest absolute Gasteiger partial charge is 0.335 e. The fourth-order valence-corrected chi connectivity index (χ4v) is 2.42. The molecule has 1 aromatic rings. The second kappa shape index (κ2) is 4.24. The van der Waals surface area contributed by atoms with E-state index in [1.54, 1.807) is 10.3 Å². The molecule has 2 N–H and O–H groups in total. The van der Waals surface area contributed by atoms with Crippen LogP contribution in [0, 0.1) is 5.92 Å². The third kappa shape index (κ3) is 2.32. The quantitative estimate of drug-likeness (QED) is 0.750. The molecule has 82 valence electrons. The monoisotopic (exact) mass is 226 g/mol. The number of rotatable bonds is 1. The predicted octanol–water partition coefficient (Wildman–Crippen LogP) is 0.347. The van der Waals surface area contributed by atoms with Gasteiger partial charge in [0.15, 0.2) is 5.69 Å². The molecule has 2 heterocycles. The summed E-state index contributed by atoms with van der Waals surface area (Å²) in [5.41, 5.74) is 6.31. The third-order valence-corrected chi connectivity index (χ3v) is 3.06. The van der Waals surface area contributed by atoms with E-state index in [0.717, 1.165) is 13.0 Å². The number of hydrogen-bond acceptors (Lipinski definition) is 5. The molecule has 0 radical (unpaired) electrons. The van der Waals surface area contributed by atoms with Crippen molar-refractivity contribution in [1.29, 1.82) is 0 Å². The number of amides is 1. The maximum Gasteiger partial charge on any atom is 0.275 e. The first-order chi connectivity index (χ1) is 7.16. The van der Waals surface area contributed by atoms with Crippen molar-refractivity contribution >= 4 is 17.4 Å². The Labute approximate surface area is 92.4 Å². The lowest BCUT2D eigenvalue weighted by Gasteiger charge is -2.34. The summed E-state index contributed by atoms with van der Waals surface area (Å²) in [6.45, 7) is 3.50. The van der Waals surface area contributed by atoms with Crippen LogP contribution >= 0.6 is 11.5 Å². The van der Waals surface area contributed by atoms with E-state index >= 15 is 0 Å². The Morgan fingerprint density at radius 1 is 1.67 bits per heavy atom. The maximum atomic E-state index is 11.9. The van der Waals surface area contributed by atoms with Gasteiger partial charge >= 0.3 is 0 Å². The lowest BCUT2D eigenvalue weighted by atomic mass is 9.96.